The third-order valence-electron chi connectivity index (χ3n) is 4.86. The Morgan fingerprint density at radius 2 is 2.08 bits per heavy atom. The van der Waals surface area contributed by atoms with Gasteiger partial charge in [-0.15, -0.1) is 0 Å². The molecule has 6 nitrogen and oxygen atoms in total. The van der Waals surface area contributed by atoms with E-state index in [0.717, 1.165) is 30.9 Å². The highest BCUT2D eigenvalue weighted by molar-refractivity contribution is 5.93. The van der Waals surface area contributed by atoms with Gasteiger partial charge in [0.15, 0.2) is 0 Å². The summed E-state index contributed by atoms with van der Waals surface area (Å²) in [5.41, 5.74) is 1.54. The van der Waals surface area contributed by atoms with Crippen molar-refractivity contribution in [3.05, 3.63) is 35.7 Å². The van der Waals surface area contributed by atoms with E-state index in [1.807, 2.05) is 23.1 Å². The first-order valence-electron chi connectivity index (χ1n) is 8.83. The molecule has 6 heteroatoms. The fourth-order valence-electron chi connectivity index (χ4n) is 3.39. The van der Waals surface area contributed by atoms with Crippen molar-refractivity contribution in [1.29, 1.82) is 0 Å². The van der Waals surface area contributed by atoms with E-state index in [1.54, 1.807) is 0 Å². The molecule has 2 aromatic rings. The summed E-state index contributed by atoms with van der Waals surface area (Å²) in [5, 5.41) is 7.93. The van der Waals surface area contributed by atoms with E-state index in [1.165, 1.54) is 12.8 Å². The lowest BCUT2D eigenvalue weighted by Gasteiger charge is -2.26. The first-order valence-corrected chi connectivity index (χ1v) is 8.83. The fraction of sp³-hybridized carbons (Fsp3) is 0.611. The summed E-state index contributed by atoms with van der Waals surface area (Å²) in [6.45, 7) is 7.06. The van der Waals surface area contributed by atoms with Gasteiger partial charge in [-0.25, -0.2) is 4.98 Å². The number of rotatable bonds is 3. The van der Waals surface area contributed by atoms with Crippen molar-refractivity contribution in [3.63, 3.8) is 0 Å². The highest BCUT2D eigenvalue weighted by atomic mass is 16.2. The van der Waals surface area contributed by atoms with Crippen LogP contribution in [0.25, 0.3) is 0 Å². The maximum Gasteiger partial charge on any atom is 0.269 e. The summed E-state index contributed by atoms with van der Waals surface area (Å²) in [5.74, 6) is 1.64. The van der Waals surface area contributed by atoms with Crippen LogP contribution in [0.4, 0.5) is 0 Å². The lowest BCUT2D eigenvalue weighted by molar-refractivity contribution is 0.0909. The molecule has 1 saturated carbocycles. The topological polar surface area (TPSA) is 64.7 Å². The summed E-state index contributed by atoms with van der Waals surface area (Å²) < 4.78 is 4.02. The maximum atomic E-state index is 12.9. The summed E-state index contributed by atoms with van der Waals surface area (Å²) >= 11 is 0. The van der Waals surface area contributed by atoms with Gasteiger partial charge in [0.1, 0.15) is 11.5 Å². The van der Waals surface area contributed by atoms with Crippen molar-refractivity contribution in [2.75, 3.05) is 0 Å². The molecule has 1 amide bonds. The highest BCUT2D eigenvalue weighted by Crippen LogP contribution is 2.40. The molecule has 0 aromatic carbocycles. The van der Waals surface area contributed by atoms with Gasteiger partial charge in [0.05, 0.1) is 11.2 Å². The number of carbonyl (C=O) groups excluding carboxylic acids is 1. The molecule has 1 aliphatic heterocycles. The summed E-state index contributed by atoms with van der Waals surface area (Å²) in [7, 11) is 0. The van der Waals surface area contributed by atoms with Crippen molar-refractivity contribution in [2.45, 2.75) is 70.5 Å². The molecule has 1 N–H and O–H groups in total. The highest BCUT2D eigenvalue weighted by Gasteiger charge is 2.32. The first-order chi connectivity index (χ1) is 11.4. The summed E-state index contributed by atoms with van der Waals surface area (Å²) in [6.07, 6.45) is 8.03. The number of amides is 1. The second kappa shape index (κ2) is 5.46. The van der Waals surface area contributed by atoms with E-state index in [0.29, 0.717) is 11.6 Å². The second-order valence-electron chi connectivity index (χ2n) is 8.02. The Kier molecular flexibility index (Phi) is 3.51. The Labute approximate surface area is 142 Å². The number of hydrogen-bond acceptors (Lipinski definition) is 3. The third kappa shape index (κ3) is 2.85. The number of aromatic nitrogens is 4. The van der Waals surface area contributed by atoms with Crippen LogP contribution in [-0.2, 0) is 18.5 Å². The second-order valence-corrected chi connectivity index (χ2v) is 8.02. The van der Waals surface area contributed by atoms with Crippen LogP contribution in [0.5, 0.6) is 0 Å². The number of hydrogen-bond donors (Lipinski definition) is 1. The van der Waals surface area contributed by atoms with Crippen LogP contribution in [0, 0.1) is 0 Å². The lowest BCUT2D eigenvalue weighted by Crippen LogP contribution is -2.42. The third-order valence-corrected chi connectivity index (χ3v) is 4.86. The zero-order valence-corrected chi connectivity index (χ0v) is 14.6. The fourth-order valence-corrected chi connectivity index (χ4v) is 3.39. The molecule has 0 saturated heterocycles. The number of nitrogens with one attached hydrogen (secondary N) is 1. The van der Waals surface area contributed by atoms with Crippen molar-refractivity contribution >= 4 is 5.91 Å². The van der Waals surface area contributed by atoms with Gasteiger partial charge in [0.2, 0.25) is 0 Å². The lowest BCUT2D eigenvalue weighted by atomic mass is 10.1. The number of aryl methyl sites for hydroxylation is 1. The van der Waals surface area contributed by atoms with Crippen LogP contribution in [0.2, 0.25) is 0 Å². The van der Waals surface area contributed by atoms with Crippen LogP contribution in [0.1, 0.15) is 68.0 Å². The Hall–Kier alpha value is -2.11. The van der Waals surface area contributed by atoms with Gasteiger partial charge in [-0.1, -0.05) is 0 Å². The van der Waals surface area contributed by atoms with E-state index in [-0.39, 0.29) is 17.5 Å². The average Bonchev–Trinajstić information content (AvgIpc) is 3.09. The average molecular weight is 327 g/mol. The van der Waals surface area contributed by atoms with E-state index in [4.69, 9.17) is 5.10 Å². The zero-order valence-electron chi connectivity index (χ0n) is 14.6. The molecular formula is C18H25N5O. The molecule has 24 heavy (non-hydrogen) atoms. The molecule has 1 aliphatic carbocycles. The first kappa shape index (κ1) is 15.4. The van der Waals surface area contributed by atoms with Crippen LogP contribution < -0.4 is 5.32 Å². The Morgan fingerprint density at radius 3 is 2.79 bits per heavy atom. The minimum atomic E-state index is -0.204. The number of carbonyl (C=O) groups is 1. The van der Waals surface area contributed by atoms with Crippen molar-refractivity contribution in [2.24, 2.45) is 0 Å². The van der Waals surface area contributed by atoms with Gasteiger partial charge in [-0.3, -0.25) is 9.48 Å². The smallest absolute Gasteiger partial charge is 0.269 e. The Balaban J connectivity index is 1.54. The molecule has 4 rings (SSSR count). The molecule has 1 fully saturated rings. The Morgan fingerprint density at radius 1 is 1.29 bits per heavy atom. The van der Waals surface area contributed by atoms with Gasteiger partial charge in [0.25, 0.3) is 5.91 Å². The molecule has 0 bridgehead atoms. The molecule has 3 heterocycles. The minimum Gasteiger partial charge on any atom is -0.346 e. The van der Waals surface area contributed by atoms with E-state index >= 15 is 0 Å². The monoisotopic (exact) mass is 327 g/mol. The van der Waals surface area contributed by atoms with E-state index in [9.17, 15) is 4.79 Å². The van der Waals surface area contributed by atoms with Crippen molar-refractivity contribution in [1.82, 2.24) is 24.6 Å². The van der Waals surface area contributed by atoms with E-state index < -0.39 is 0 Å². The molecule has 2 aromatic heterocycles. The van der Waals surface area contributed by atoms with Crippen molar-refractivity contribution < 1.29 is 4.79 Å². The molecule has 0 unspecified atom stereocenters. The predicted octanol–water partition coefficient (Wildman–Crippen LogP) is 2.46. The van der Waals surface area contributed by atoms with Gasteiger partial charge in [-0.05, 0) is 46.1 Å². The number of fused-ring (bicyclic) bond motifs is 1. The van der Waals surface area contributed by atoms with Gasteiger partial charge in [-0.2, -0.15) is 5.10 Å². The quantitative estimate of drug-likeness (QED) is 0.942. The number of nitrogens with zero attached hydrogens (tertiary/aromatic N) is 4. The molecular weight excluding hydrogens is 302 g/mol. The largest absolute Gasteiger partial charge is 0.346 e. The van der Waals surface area contributed by atoms with Gasteiger partial charge in [0, 0.05) is 37.3 Å². The van der Waals surface area contributed by atoms with Gasteiger partial charge >= 0.3 is 0 Å². The summed E-state index contributed by atoms with van der Waals surface area (Å²) in [4.78, 5) is 17.2. The predicted molar refractivity (Wildman–Crippen MR) is 91.0 cm³/mol. The van der Waals surface area contributed by atoms with Crippen LogP contribution in [0.3, 0.4) is 0 Å². The molecule has 0 radical (unpaired) electrons. The maximum absolute atomic E-state index is 12.9. The molecule has 1 atom stereocenters. The van der Waals surface area contributed by atoms with E-state index in [2.05, 4.69) is 35.6 Å². The van der Waals surface area contributed by atoms with Crippen LogP contribution >= 0.6 is 0 Å². The molecule has 128 valence electrons. The van der Waals surface area contributed by atoms with Crippen LogP contribution in [0.15, 0.2) is 18.5 Å². The molecule has 0 spiro atoms. The minimum absolute atomic E-state index is 0.0158. The number of imidazole rings is 1. The normalized spacial score (nSPS) is 20.7. The SMILES string of the molecule is CC(C)(C)n1nc(C2CC2)cc1C(=O)N[C@H]1CCc2nccn2C1. The molecule has 2 aliphatic rings. The van der Waals surface area contributed by atoms with Gasteiger partial charge < -0.3 is 9.88 Å². The van der Waals surface area contributed by atoms with Crippen molar-refractivity contribution in [3.8, 4) is 0 Å². The standard InChI is InChI=1S/C18H25N5O/c1-18(2,3)23-15(10-14(21-23)12-4-5-12)17(24)20-13-6-7-16-19-8-9-22(16)11-13/h8-10,12-13H,4-7,11H2,1-3H3,(H,20,24)/t13-/m0/s1. The Bertz CT molecular complexity index is 763. The summed E-state index contributed by atoms with van der Waals surface area (Å²) in [6, 6.07) is 2.14. The zero-order chi connectivity index (χ0) is 16.9. The van der Waals surface area contributed by atoms with Crippen LogP contribution in [-0.4, -0.2) is 31.3 Å².